The second-order valence-corrected chi connectivity index (χ2v) is 8.58. The second kappa shape index (κ2) is 8.40. The molecule has 30 heavy (non-hydrogen) atoms. The lowest BCUT2D eigenvalue weighted by Crippen LogP contribution is -2.34. The minimum Gasteiger partial charge on any atom is -0.508 e. The van der Waals surface area contributed by atoms with Crippen LogP contribution in [0.4, 0.5) is 0 Å². The molecule has 2 aliphatic carbocycles. The van der Waals surface area contributed by atoms with Crippen molar-refractivity contribution in [3.8, 4) is 5.75 Å². The molecule has 1 N–H and O–H groups in total. The highest BCUT2D eigenvalue weighted by molar-refractivity contribution is 5.79. The minimum absolute atomic E-state index is 0.00342. The van der Waals surface area contributed by atoms with Crippen LogP contribution in [0.5, 0.6) is 5.75 Å². The summed E-state index contributed by atoms with van der Waals surface area (Å²) in [4.78, 5) is 13.5. The predicted molar refractivity (Wildman–Crippen MR) is 115 cm³/mol. The third-order valence-electron chi connectivity index (χ3n) is 6.57. The first-order chi connectivity index (χ1) is 14.7. The summed E-state index contributed by atoms with van der Waals surface area (Å²) in [6, 6.07) is 4.72. The van der Waals surface area contributed by atoms with Crippen molar-refractivity contribution < 1.29 is 19.0 Å². The Morgan fingerprint density at radius 3 is 2.67 bits per heavy atom. The molecule has 3 aliphatic rings. The average Bonchev–Trinajstić information content (AvgIpc) is 2.80. The third kappa shape index (κ3) is 3.72. The Balaban J connectivity index is 1.58. The summed E-state index contributed by atoms with van der Waals surface area (Å²) in [5.41, 5.74) is 2.38. The Hall–Kier alpha value is -2.37. The fraction of sp³-hybridized carbons (Fsp3) is 0.480. The van der Waals surface area contributed by atoms with Crippen LogP contribution in [0.2, 0.25) is 0 Å². The van der Waals surface area contributed by atoms with E-state index in [1.807, 2.05) is 0 Å². The quantitative estimate of drug-likeness (QED) is 0.748. The van der Waals surface area contributed by atoms with Gasteiger partial charge in [0.15, 0.2) is 5.43 Å². The van der Waals surface area contributed by atoms with Crippen LogP contribution in [-0.4, -0.2) is 24.4 Å². The number of phenols is 1. The third-order valence-corrected chi connectivity index (χ3v) is 6.57. The molecule has 1 aromatic carbocycles. The molecule has 2 atom stereocenters. The second-order valence-electron chi connectivity index (χ2n) is 8.58. The number of fused-ring (bicyclic) bond motifs is 1. The number of hydrogen-bond acceptors (Lipinski definition) is 5. The molecule has 1 aliphatic heterocycles. The number of ether oxygens (including phenoxy) is 2. The van der Waals surface area contributed by atoms with E-state index >= 15 is 0 Å². The molecule has 158 valence electrons. The first-order valence-corrected chi connectivity index (χ1v) is 11.1. The Morgan fingerprint density at radius 2 is 1.87 bits per heavy atom. The van der Waals surface area contributed by atoms with Gasteiger partial charge in [-0.15, -0.1) is 0 Å². The van der Waals surface area contributed by atoms with E-state index in [1.54, 1.807) is 12.1 Å². The molecule has 2 aromatic rings. The Bertz CT molecular complexity index is 1040. The monoisotopic (exact) mass is 408 g/mol. The lowest BCUT2D eigenvalue weighted by molar-refractivity contribution is -0.133. The van der Waals surface area contributed by atoms with Gasteiger partial charge in [0.25, 0.3) is 0 Å². The highest BCUT2D eigenvalue weighted by atomic mass is 16.6. The smallest absolute Gasteiger partial charge is 0.196 e. The van der Waals surface area contributed by atoms with Gasteiger partial charge in [-0.3, -0.25) is 4.79 Å². The molecule has 5 nitrogen and oxygen atoms in total. The van der Waals surface area contributed by atoms with Crippen LogP contribution >= 0.6 is 0 Å². The van der Waals surface area contributed by atoms with Crippen LogP contribution in [0.3, 0.4) is 0 Å². The summed E-state index contributed by atoms with van der Waals surface area (Å²) in [6.45, 7) is 0.889. The summed E-state index contributed by atoms with van der Waals surface area (Å²) in [5.74, 6) is 0.852. The largest absolute Gasteiger partial charge is 0.508 e. The van der Waals surface area contributed by atoms with Crippen LogP contribution in [-0.2, 0) is 9.47 Å². The highest BCUT2D eigenvalue weighted by Gasteiger charge is 2.34. The van der Waals surface area contributed by atoms with Crippen molar-refractivity contribution in [1.82, 2.24) is 0 Å². The topological polar surface area (TPSA) is 68.9 Å². The van der Waals surface area contributed by atoms with Gasteiger partial charge in [0, 0.05) is 11.6 Å². The van der Waals surface area contributed by atoms with E-state index in [-0.39, 0.29) is 23.2 Å². The molecule has 5 heteroatoms. The number of aromatic hydroxyl groups is 1. The fourth-order valence-corrected chi connectivity index (χ4v) is 5.01. The molecule has 0 amide bonds. The molecule has 0 radical (unpaired) electrons. The molecule has 5 rings (SSSR count). The summed E-state index contributed by atoms with van der Waals surface area (Å²) >= 11 is 0. The summed E-state index contributed by atoms with van der Waals surface area (Å²) in [6.07, 6.45) is 13.2. The van der Waals surface area contributed by atoms with Gasteiger partial charge < -0.3 is 19.0 Å². The van der Waals surface area contributed by atoms with E-state index in [2.05, 4.69) is 18.2 Å². The standard InChI is InChI=1S/C25H28O5/c26-18-11-12-19-20(13-18)30-25(23(24(19)27)17-9-5-2-6-10-17)22-15-28-14-21(29-22)16-7-3-1-4-8-16/h1,3,7,11-13,17,21-22,26H,2,4-6,8-10,14-15H2. The van der Waals surface area contributed by atoms with Crippen molar-refractivity contribution in [3.05, 3.63) is 63.5 Å². The molecule has 0 spiro atoms. The number of allylic oxidation sites excluding steroid dienone is 3. The van der Waals surface area contributed by atoms with Crippen LogP contribution in [0.1, 0.15) is 68.3 Å². The Kier molecular flexibility index (Phi) is 5.48. The van der Waals surface area contributed by atoms with Crippen molar-refractivity contribution in [3.63, 3.8) is 0 Å². The van der Waals surface area contributed by atoms with Crippen LogP contribution in [0, 0.1) is 0 Å². The van der Waals surface area contributed by atoms with Crippen LogP contribution < -0.4 is 5.43 Å². The molecule has 1 aromatic heterocycles. The van der Waals surface area contributed by atoms with Gasteiger partial charge in [0.1, 0.15) is 29.3 Å². The van der Waals surface area contributed by atoms with Crippen molar-refractivity contribution in [1.29, 1.82) is 0 Å². The summed E-state index contributed by atoms with van der Waals surface area (Å²) in [7, 11) is 0. The van der Waals surface area contributed by atoms with E-state index in [0.717, 1.165) is 44.1 Å². The highest BCUT2D eigenvalue weighted by Crippen LogP contribution is 2.39. The van der Waals surface area contributed by atoms with Crippen molar-refractivity contribution in [2.75, 3.05) is 13.2 Å². The van der Waals surface area contributed by atoms with Gasteiger partial charge in [0.2, 0.25) is 0 Å². The molecule has 2 heterocycles. The van der Waals surface area contributed by atoms with Gasteiger partial charge in [-0.25, -0.2) is 0 Å². The predicted octanol–water partition coefficient (Wildman–Crippen LogP) is 5.28. The zero-order valence-electron chi connectivity index (χ0n) is 17.1. The first kappa shape index (κ1) is 19.6. The van der Waals surface area contributed by atoms with Crippen molar-refractivity contribution in [2.45, 2.75) is 63.1 Å². The van der Waals surface area contributed by atoms with E-state index in [1.165, 1.54) is 18.1 Å². The number of hydrogen-bond donors (Lipinski definition) is 1. The first-order valence-electron chi connectivity index (χ1n) is 11.1. The van der Waals surface area contributed by atoms with Gasteiger partial charge in [-0.05, 0) is 49.3 Å². The molecule has 0 bridgehead atoms. The van der Waals surface area contributed by atoms with Gasteiger partial charge in [0.05, 0.1) is 18.6 Å². The Morgan fingerprint density at radius 1 is 1.03 bits per heavy atom. The minimum atomic E-state index is -0.424. The zero-order chi connectivity index (χ0) is 20.5. The maximum atomic E-state index is 13.5. The fourth-order valence-electron chi connectivity index (χ4n) is 5.01. The van der Waals surface area contributed by atoms with E-state index in [0.29, 0.717) is 29.9 Å². The van der Waals surface area contributed by atoms with E-state index in [4.69, 9.17) is 13.9 Å². The molecule has 1 saturated heterocycles. The lowest BCUT2D eigenvalue weighted by Gasteiger charge is -2.33. The average molecular weight is 408 g/mol. The van der Waals surface area contributed by atoms with Crippen LogP contribution in [0.25, 0.3) is 11.0 Å². The molecular weight excluding hydrogens is 380 g/mol. The van der Waals surface area contributed by atoms with E-state index < -0.39 is 6.10 Å². The number of benzene rings is 1. The molecule has 2 fully saturated rings. The van der Waals surface area contributed by atoms with Crippen molar-refractivity contribution >= 4 is 11.0 Å². The molecular formula is C25H28O5. The zero-order valence-corrected chi connectivity index (χ0v) is 17.1. The SMILES string of the molecule is O=c1c(C2CCCCC2)c(C2COCC(C3=CC=CCC3)O2)oc2cc(O)ccc12. The maximum Gasteiger partial charge on any atom is 0.196 e. The van der Waals surface area contributed by atoms with Gasteiger partial charge >= 0.3 is 0 Å². The van der Waals surface area contributed by atoms with Gasteiger partial charge in [-0.1, -0.05) is 37.5 Å². The summed E-state index contributed by atoms with van der Waals surface area (Å²) < 4.78 is 18.7. The van der Waals surface area contributed by atoms with Gasteiger partial charge in [-0.2, -0.15) is 0 Å². The lowest BCUT2D eigenvalue weighted by atomic mass is 9.82. The normalized spacial score (nSPS) is 25.4. The summed E-state index contributed by atoms with van der Waals surface area (Å²) in [5, 5.41) is 10.4. The number of phenolic OH excluding ortho intramolecular Hbond substituents is 1. The molecule has 1 saturated carbocycles. The van der Waals surface area contributed by atoms with Crippen LogP contribution in [0.15, 0.2) is 51.2 Å². The maximum absolute atomic E-state index is 13.5. The molecule has 2 unspecified atom stereocenters. The number of rotatable bonds is 3. The Labute approximate surface area is 176 Å². The van der Waals surface area contributed by atoms with Crippen molar-refractivity contribution in [2.24, 2.45) is 0 Å². The van der Waals surface area contributed by atoms with E-state index in [9.17, 15) is 9.90 Å².